The molecule has 3 rings (SSSR count). The molecular formula is C20H18FNO5S. The Balaban J connectivity index is 2.22. The molecule has 1 N–H and O–H groups in total. The third-order valence-corrected chi connectivity index (χ3v) is 5.35. The number of carbonyl (C=O) groups excluding carboxylic acids is 3. The van der Waals surface area contributed by atoms with Gasteiger partial charge in [-0.1, -0.05) is 0 Å². The Morgan fingerprint density at radius 1 is 1.04 bits per heavy atom. The van der Waals surface area contributed by atoms with Crippen molar-refractivity contribution >= 4 is 39.3 Å². The summed E-state index contributed by atoms with van der Waals surface area (Å²) in [6.07, 6.45) is 0. The number of rotatable bonds is 6. The lowest BCUT2D eigenvalue weighted by atomic mass is 9.99. The molecule has 0 saturated heterocycles. The zero-order valence-electron chi connectivity index (χ0n) is 15.6. The highest BCUT2D eigenvalue weighted by molar-refractivity contribution is 7.20. The molecule has 0 amide bonds. The molecule has 1 aromatic carbocycles. The number of benzene rings is 1. The second-order valence-electron chi connectivity index (χ2n) is 5.91. The van der Waals surface area contributed by atoms with Gasteiger partial charge in [-0.2, -0.15) is 0 Å². The van der Waals surface area contributed by atoms with Crippen molar-refractivity contribution in [2.75, 3.05) is 13.2 Å². The van der Waals surface area contributed by atoms with E-state index in [9.17, 15) is 18.8 Å². The zero-order valence-corrected chi connectivity index (χ0v) is 16.4. The van der Waals surface area contributed by atoms with E-state index in [0.717, 1.165) is 11.3 Å². The number of esters is 2. The Bertz CT molecular complexity index is 1060. The highest BCUT2D eigenvalue weighted by Crippen LogP contribution is 2.36. The van der Waals surface area contributed by atoms with Gasteiger partial charge < -0.3 is 14.5 Å². The van der Waals surface area contributed by atoms with E-state index in [1.807, 2.05) is 0 Å². The van der Waals surface area contributed by atoms with Crippen LogP contribution in [0, 0.1) is 12.7 Å². The molecule has 0 unspecified atom stereocenters. The summed E-state index contributed by atoms with van der Waals surface area (Å²) in [5, 5.41) is 0.463. The number of carbonyl (C=O) groups is 3. The van der Waals surface area contributed by atoms with Gasteiger partial charge in [-0.05, 0) is 50.6 Å². The first-order valence-corrected chi connectivity index (χ1v) is 9.50. The molecule has 0 radical (unpaired) electrons. The molecule has 0 aliphatic rings. The number of nitrogens with one attached hydrogen (secondary N) is 1. The molecule has 0 saturated carbocycles. The number of hydrogen-bond donors (Lipinski definition) is 1. The first-order chi connectivity index (χ1) is 13.4. The minimum absolute atomic E-state index is 0.0101. The molecule has 0 aliphatic carbocycles. The van der Waals surface area contributed by atoms with Crippen LogP contribution in [0.2, 0.25) is 0 Å². The second kappa shape index (κ2) is 7.93. The molecule has 0 spiro atoms. The fraction of sp³-hybridized carbons (Fsp3) is 0.250. The number of H-pyrrole nitrogens is 1. The van der Waals surface area contributed by atoms with Crippen molar-refractivity contribution in [2.24, 2.45) is 0 Å². The van der Waals surface area contributed by atoms with Crippen molar-refractivity contribution in [1.82, 2.24) is 4.98 Å². The van der Waals surface area contributed by atoms with Crippen LogP contribution in [0.1, 0.15) is 55.5 Å². The van der Waals surface area contributed by atoms with Crippen molar-refractivity contribution < 1.29 is 28.2 Å². The van der Waals surface area contributed by atoms with E-state index in [1.54, 1.807) is 20.8 Å². The van der Waals surface area contributed by atoms with E-state index in [4.69, 9.17) is 9.47 Å². The average molecular weight is 403 g/mol. The summed E-state index contributed by atoms with van der Waals surface area (Å²) >= 11 is 1.11. The lowest BCUT2D eigenvalue weighted by Gasteiger charge is -2.06. The van der Waals surface area contributed by atoms with Crippen LogP contribution in [0.5, 0.6) is 0 Å². The number of thiophene rings is 1. The summed E-state index contributed by atoms with van der Waals surface area (Å²) in [5.74, 6) is -2.11. The molecule has 0 fully saturated rings. The number of fused-ring (bicyclic) bond motifs is 1. The largest absolute Gasteiger partial charge is 0.462 e. The van der Waals surface area contributed by atoms with E-state index < -0.39 is 23.5 Å². The highest BCUT2D eigenvalue weighted by atomic mass is 32.1. The Labute approximate surface area is 164 Å². The number of halogens is 1. The van der Waals surface area contributed by atoms with E-state index in [1.165, 1.54) is 24.3 Å². The highest BCUT2D eigenvalue weighted by Gasteiger charge is 2.30. The molecule has 3 aromatic rings. The summed E-state index contributed by atoms with van der Waals surface area (Å²) in [7, 11) is 0. The smallest absolute Gasteiger partial charge is 0.355 e. The van der Waals surface area contributed by atoms with E-state index in [2.05, 4.69) is 4.98 Å². The zero-order chi connectivity index (χ0) is 20.4. The molecule has 6 nitrogen and oxygen atoms in total. The van der Waals surface area contributed by atoms with Crippen molar-refractivity contribution in [2.45, 2.75) is 20.8 Å². The van der Waals surface area contributed by atoms with Gasteiger partial charge in [0.25, 0.3) is 0 Å². The van der Waals surface area contributed by atoms with Gasteiger partial charge in [0.05, 0.1) is 18.8 Å². The minimum Gasteiger partial charge on any atom is -0.462 e. The van der Waals surface area contributed by atoms with Gasteiger partial charge in [-0.25, -0.2) is 14.0 Å². The van der Waals surface area contributed by atoms with Gasteiger partial charge in [0.15, 0.2) is 5.78 Å². The van der Waals surface area contributed by atoms with Gasteiger partial charge in [0.1, 0.15) is 21.2 Å². The van der Waals surface area contributed by atoms with Crippen LogP contribution >= 0.6 is 11.3 Å². The Hall–Kier alpha value is -3.00. The van der Waals surface area contributed by atoms with Crippen molar-refractivity contribution in [3.8, 4) is 0 Å². The third kappa shape index (κ3) is 3.43. The first-order valence-electron chi connectivity index (χ1n) is 8.68. The van der Waals surface area contributed by atoms with Crippen LogP contribution in [0.4, 0.5) is 4.39 Å². The van der Waals surface area contributed by atoms with Crippen LogP contribution in [0.3, 0.4) is 0 Å². The molecular weight excluding hydrogens is 385 g/mol. The topological polar surface area (TPSA) is 85.5 Å². The van der Waals surface area contributed by atoms with Crippen molar-refractivity contribution in [1.29, 1.82) is 0 Å². The second-order valence-corrected chi connectivity index (χ2v) is 6.93. The molecule has 2 aromatic heterocycles. The van der Waals surface area contributed by atoms with E-state index in [0.29, 0.717) is 20.7 Å². The van der Waals surface area contributed by atoms with Crippen LogP contribution in [-0.4, -0.2) is 35.9 Å². The quantitative estimate of drug-likeness (QED) is 0.491. The number of aryl methyl sites for hydroxylation is 1. The molecule has 8 heteroatoms. The molecule has 0 aliphatic heterocycles. The van der Waals surface area contributed by atoms with E-state index in [-0.39, 0.29) is 30.0 Å². The van der Waals surface area contributed by atoms with Crippen molar-refractivity contribution in [3.63, 3.8) is 0 Å². The fourth-order valence-corrected chi connectivity index (χ4v) is 4.04. The van der Waals surface area contributed by atoms with Crippen LogP contribution in [0.25, 0.3) is 10.2 Å². The number of aromatic amines is 1. The van der Waals surface area contributed by atoms with E-state index >= 15 is 0 Å². The number of hydrogen-bond acceptors (Lipinski definition) is 6. The molecule has 2 heterocycles. The number of ether oxygens (including phenoxy) is 2. The van der Waals surface area contributed by atoms with Gasteiger partial charge in [-0.15, -0.1) is 11.3 Å². The molecule has 0 atom stereocenters. The standard InChI is InChI=1S/C20H18FNO5S/c1-4-26-19(24)15-14(16(23)11-6-8-12(21)9-7-11)13-10(3)17(20(25)27-5-2)28-18(13)22-15/h6-9,22H,4-5H2,1-3H3. The Morgan fingerprint density at radius 3 is 2.25 bits per heavy atom. The molecule has 28 heavy (non-hydrogen) atoms. The summed E-state index contributed by atoms with van der Waals surface area (Å²) < 4.78 is 23.4. The van der Waals surface area contributed by atoms with Gasteiger partial charge in [-0.3, -0.25) is 4.79 Å². The fourth-order valence-electron chi connectivity index (χ4n) is 2.92. The summed E-state index contributed by atoms with van der Waals surface area (Å²) in [6, 6.07) is 5.04. The average Bonchev–Trinajstić information content (AvgIpc) is 3.19. The predicted octanol–water partition coefficient (Wildman–Crippen LogP) is 4.26. The SMILES string of the molecule is CCOC(=O)c1[nH]c2sc(C(=O)OCC)c(C)c2c1C(=O)c1ccc(F)cc1. The van der Waals surface area contributed by atoms with Gasteiger partial charge >= 0.3 is 11.9 Å². The van der Waals surface area contributed by atoms with Gasteiger partial charge in [0.2, 0.25) is 0 Å². The maximum absolute atomic E-state index is 13.2. The van der Waals surface area contributed by atoms with Crippen LogP contribution < -0.4 is 0 Å². The molecule has 146 valence electrons. The Morgan fingerprint density at radius 2 is 1.64 bits per heavy atom. The lowest BCUT2D eigenvalue weighted by molar-refractivity contribution is 0.0514. The Kier molecular flexibility index (Phi) is 5.60. The third-order valence-electron chi connectivity index (χ3n) is 4.16. The summed E-state index contributed by atoms with van der Waals surface area (Å²) in [5.41, 5.74) is 0.868. The first kappa shape index (κ1) is 19.8. The number of aromatic nitrogens is 1. The van der Waals surface area contributed by atoms with Crippen LogP contribution in [0.15, 0.2) is 24.3 Å². The summed E-state index contributed by atoms with van der Waals surface area (Å²) in [4.78, 5) is 41.5. The maximum Gasteiger partial charge on any atom is 0.355 e. The number of ketones is 1. The normalized spacial score (nSPS) is 10.9. The minimum atomic E-state index is -0.673. The maximum atomic E-state index is 13.2. The monoisotopic (exact) mass is 403 g/mol. The molecule has 0 bridgehead atoms. The lowest BCUT2D eigenvalue weighted by Crippen LogP contribution is -2.12. The van der Waals surface area contributed by atoms with Crippen LogP contribution in [-0.2, 0) is 9.47 Å². The van der Waals surface area contributed by atoms with Crippen molar-refractivity contribution in [3.05, 3.63) is 57.3 Å². The summed E-state index contributed by atoms with van der Waals surface area (Å²) in [6.45, 7) is 5.42. The predicted molar refractivity (Wildman–Crippen MR) is 103 cm³/mol. The van der Waals surface area contributed by atoms with Gasteiger partial charge in [0, 0.05) is 10.9 Å².